The number of amides is 1. The molecule has 3 heterocycles. The predicted octanol–water partition coefficient (Wildman–Crippen LogP) is -0.532. The zero-order valence-electron chi connectivity index (χ0n) is 8.68. The Bertz CT molecular complexity index is 358. The summed E-state index contributed by atoms with van der Waals surface area (Å²) in [6, 6.07) is 0. The summed E-state index contributed by atoms with van der Waals surface area (Å²) < 4.78 is 0. The van der Waals surface area contributed by atoms with Crippen molar-refractivity contribution in [1.82, 2.24) is 26.1 Å². The average molecular weight is 241 g/mol. The van der Waals surface area contributed by atoms with Crippen molar-refractivity contribution in [3.63, 3.8) is 0 Å². The highest BCUT2D eigenvalue weighted by molar-refractivity contribution is 5.67. The molecule has 9 heteroatoms. The average Bonchev–Trinajstić information content (AvgIpc) is 2.86. The van der Waals surface area contributed by atoms with Gasteiger partial charge in [-0.15, -0.1) is 0 Å². The van der Waals surface area contributed by atoms with Crippen LogP contribution in [0.15, 0.2) is 24.9 Å². The summed E-state index contributed by atoms with van der Waals surface area (Å²) in [4.78, 5) is 22.1. The Balaban J connectivity index is 1.70. The van der Waals surface area contributed by atoms with E-state index in [1.165, 1.54) is 17.4 Å². The first kappa shape index (κ1) is 10.1. The molecule has 0 aromatic rings. The van der Waals surface area contributed by atoms with E-state index >= 15 is 0 Å². The molecule has 0 aromatic carbocycles. The molecule has 3 N–H and O–H groups in total. The monoisotopic (exact) mass is 241 g/mol. The van der Waals surface area contributed by atoms with Crippen LogP contribution in [-0.4, -0.2) is 38.4 Å². The fraction of sp³-hybridized carbons (Fsp3) is 0.375. The van der Waals surface area contributed by atoms with E-state index in [0.717, 1.165) is 0 Å². The third kappa shape index (κ3) is 1.52. The third-order valence-corrected chi connectivity index (χ3v) is 2.82. The van der Waals surface area contributed by atoms with Crippen molar-refractivity contribution >= 4 is 6.09 Å². The Labute approximate surface area is 96.3 Å². The van der Waals surface area contributed by atoms with Crippen LogP contribution in [0.2, 0.25) is 0 Å². The van der Waals surface area contributed by atoms with E-state index in [9.17, 15) is 9.90 Å². The van der Waals surface area contributed by atoms with Gasteiger partial charge in [-0.2, -0.15) is 0 Å². The lowest BCUT2D eigenvalue weighted by molar-refractivity contribution is -0.163. The van der Waals surface area contributed by atoms with Crippen molar-refractivity contribution in [3.8, 4) is 0 Å². The molecule has 3 aliphatic heterocycles. The van der Waals surface area contributed by atoms with Crippen LogP contribution in [-0.2, 0) is 9.68 Å². The van der Waals surface area contributed by atoms with Gasteiger partial charge in [0.1, 0.15) is 24.9 Å². The van der Waals surface area contributed by atoms with Crippen molar-refractivity contribution in [2.24, 2.45) is 0 Å². The maximum atomic E-state index is 11.2. The second-order valence-electron chi connectivity index (χ2n) is 3.69. The molecule has 2 unspecified atom stereocenters. The molecule has 0 saturated carbocycles. The Morgan fingerprint density at radius 1 is 1.18 bits per heavy atom. The first-order chi connectivity index (χ1) is 8.27. The van der Waals surface area contributed by atoms with Crippen molar-refractivity contribution < 1.29 is 19.6 Å². The molecule has 17 heavy (non-hydrogen) atoms. The molecule has 2 atom stereocenters. The van der Waals surface area contributed by atoms with Gasteiger partial charge < -0.3 is 14.8 Å². The number of hydrogen-bond donors (Lipinski definition) is 3. The Kier molecular flexibility index (Phi) is 2.20. The molecule has 3 rings (SSSR count). The molecule has 0 aliphatic carbocycles. The molecule has 0 spiro atoms. The normalized spacial score (nSPS) is 30.2. The van der Waals surface area contributed by atoms with E-state index in [1.807, 2.05) is 0 Å². The van der Waals surface area contributed by atoms with Gasteiger partial charge in [0.25, 0.3) is 0 Å². The summed E-state index contributed by atoms with van der Waals surface area (Å²) in [6.45, 7) is 0. The molecular weight excluding hydrogens is 230 g/mol. The Hall–Kier alpha value is -2.13. The molecule has 1 saturated heterocycles. The van der Waals surface area contributed by atoms with E-state index in [4.69, 9.17) is 9.68 Å². The molecule has 9 nitrogen and oxygen atoms in total. The molecular formula is C8H11N5O4. The van der Waals surface area contributed by atoms with Crippen LogP contribution >= 0.6 is 0 Å². The van der Waals surface area contributed by atoms with Gasteiger partial charge in [-0.25, -0.2) is 4.79 Å². The highest BCUT2D eigenvalue weighted by Gasteiger charge is 2.48. The van der Waals surface area contributed by atoms with Gasteiger partial charge >= 0.3 is 6.09 Å². The number of carbonyl (C=O) groups is 1. The smallest absolute Gasteiger partial charge is 0.410 e. The van der Waals surface area contributed by atoms with Crippen molar-refractivity contribution in [2.45, 2.75) is 18.8 Å². The second kappa shape index (κ2) is 3.71. The van der Waals surface area contributed by atoms with Gasteiger partial charge in [0, 0.05) is 6.42 Å². The van der Waals surface area contributed by atoms with E-state index in [-0.39, 0.29) is 12.3 Å². The third-order valence-electron chi connectivity index (χ3n) is 2.82. The fourth-order valence-corrected chi connectivity index (χ4v) is 1.98. The molecule has 92 valence electrons. The van der Waals surface area contributed by atoms with E-state index < -0.39 is 6.09 Å². The van der Waals surface area contributed by atoms with E-state index in [0.29, 0.717) is 6.42 Å². The lowest BCUT2D eigenvalue weighted by Crippen LogP contribution is -2.70. The summed E-state index contributed by atoms with van der Waals surface area (Å²) in [5.41, 5.74) is 5.17. The van der Waals surface area contributed by atoms with Crippen LogP contribution in [0.25, 0.3) is 0 Å². The SMILES string of the molecule is O=C(O)N1C(N2C=CON2)CC1N1C=CON1. The minimum absolute atomic E-state index is 0.299. The van der Waals surface area contributed by atoms with Gasteiger partial charge in [0.15, 0.2) is 0 Å². The van der Waals surface area contributed by atoms with Crippen LogP contribution < -0.4 is 11.2 Å². The van der Waals surface area contributed by atoms with Crippen LogP contribution in [0.3, 0.4) is 0 Å². The van der Waals surface area contributed by atoms with Crippen molar-refractivity contribution in [2.75, 3.05) is 0 Å². The zero-order chi connectivity index (χ0) is 11.8. The number of carboxylic acid groups (broad SMARTS) is 1. The first-order valence-electron chi connectivity index (χ1n) is 5.01. The molecule has 0 aromatic heterocycles. The Morgan fingerprint density at radius 3 is 2.06 bits per heavy atom. The molecule has 0 bridgehead atoms. The topological polar surface area (TPSA) is 89.5 Å². The molecule has 3 aliphatic rings. The van der Waals surface area contributed by atoms with E-state index in [1.54, 1.807) is 22.4 Å². The molecule has 0 radical (unpaired) electrons. The highest BCUT2D eigenvalue weighted by atomic mass is 16.7. The van der Waals surface area contributed by atoms with Gasteiger partial charge in [-0.1, -0.05) is 11.2 Å². The van der Waals surface area contributed by atoms with Gasteiger partial charge in [0.05, 0.1) is 12.4 Å². The maximum absolute atomic E-state index is 11.2. The van der Waals surface area contributed by atoms with Crippen LogP contribution in [0.1, 0.15) is 6.42 Å². The van der Waals surface area contributed by atoms with Crippen LogP contribution in [0.5, 0.6) is 0 Å². The number of likely N-dealkylation sites (tertiary alicyclic amines) is 1. The molecule has 1 fully saturated rings. The van der Waals surface area contributed by atoms with E-state index in [2.05, 4.69) is 11.2 Å². The minimum atomic E-state index is -1.00. The zero-order valence-corrected chi connectivity index (χ0v) is 8.68. The maximum Gasteiger partial charge on any atom is 0.410 e. The summed E-state index contributed by atoms with van der Waals surface area (Å²) in [5, 5.41) is 12.4. The quantitative estimate of drug-likeness (QED) is 0.594. The largest absolute Gasteiger partial charge is 0.465 e. The first-order valence-corrected chi connectivity index (χ1v) is 5.01. The summed E-state index contributed by atoms with van der Waals surface area (Å²) in [7, 11) is 0. The second-order valence-corrected chi connectivity index (χ2v) is 3.69. The number of rotatable bonds is 2. The lowest BCUT2D eigenvalue weighted by atomic mass is 10.1. The number of nitrogens with zero attached hydrogens (tertiary/aromatic N) is 3. The number of nitrogens with one attached hydrogen (secondary N) is 2. The summed E-state index contributed by atoms with van der Waals surface area (Å²) >= 11 is 0. The Morgan fingerprint density at radius 2 is 1.71 bits per heavy atom. The van der Waals surface area contributed by atoms with Crippen molar-refractivity contribution in [3.05, 3.63) is 24.9 Å². The predicted molar refractivity (Wildman–Crippen MR) is 52.5 cm³/mol. The highest BCUT2D eigenvalue weighted by Crippen LogP contribution is 2.31. The number of hydrazine groups is 2. The number of hydrogen-bond acceptors (Lipinski definition) is 7. The minimum Gasteiger partial charge on any atom is -0.465 e. The van der Waals surface area contributed by atoms with Crippen molar-refractivity contribution in [1.29, 1.82) is 0 Å². The molecule has 1 amide bonds. The van der Waals surface area contributed by atoms with Crippen LogP contribution in [0, 0.1) is 0 Å². The van der Waals surface area contributed by atoms with Gasteiger partial charge in [-0.05, 0) is 0 Å². The summed E-state index contributed by atoms with van der Waals surface area (Å²) in [6.07, 6.45) is 5.19. The van der Waals surface area contributed by atoms with Crippen LogP contribution in [0.4, 0.5) is 4.79 Å². The van der Waals surface area contributed by atoms with Gasteiger partial charge in [-0.3, -0.25) is 14.9 Å². The summed E-state index contributed by atoms with van der Waals surface area (Å²) in [5.74, 6) is 0. The fourth-order valence-electron chi connectivity index (χ4n) is 1.98. The lowest BCUT2D eigenvalue weighted by Gasteiger charge is -2.51. The standard InChI is InChI=1S/C8H11N5O4/c14-8(15)13-6(11-1-3-16-9-11)5-7(13)12-2-4-17-10-12/h1-4,6-7,9-10H,5H2,(H,14,15). The van der Waals surface area contributed by atoms with Gasteiger partial charge in [0.2, 0.25) is 0 Å².